The summed E-state index contributed by atoms with van der Waals surface area (Å²) in [6.07, 6.45) is 2.22. The third kappa shape index (κ3) is 7.01. The molecule has 13 heteroatoms. The maximum atomic E-state index is 12.8. The van der Waals surface area contributed by atoms with Gasteiger partial charge in [0.1, 0.15) is 18.5 Å². The molecule has 11 nitrogen and oxygen atoms in total. The number of ether oxygens (including phenoxy) is 3. The maximum Gasteiger partial charge on any atom is 0.259 e. The fraction of sp³-hybridized carbons (Fsp3) is 0.292. The van der Waals surface area contributed by atoms with Gasteiger partial charge in [0.15, 0.2) is 10.9 Å². The summed E-state index contributed by atoms with van der Waals surface area (Å²) >= 11 is 5.93. The average molecular weight is 542 g/mol. The lowest BCUT2D eigenvalue weighted by Crippen LogP contribution is -2.25. The minimum absolute atomic E-state index is 0.0966. The molecule has 0 bridgehead atoms. The van der Waals surface area contributed by atoms with Crippen LogP contribution in [0.15, 0.2) is 74.1 Å². The smallest absolute Gasteiger partial charge is 0.259 e. The van der Waals surface area contributed by atoms with Crippen LogP contribution in [0.2, 0.25) is 0 Å². The minimum atomic E-state index is -0.566. The Bertz CT molecular complexity index is 1310. The minimum Gasteiger partial charge on any atom is -0.491 e. The molecule has 37 heavy (non-hydrogen) atoms. The highest BCUT2D eigenvalue weighted by Crippen LogP contribution is 2.34. The van der Waals surface area contributed by atoms with Gasteiger partial charge in [-0.25, -0.2) is 4.98 Å². The predicted octanol–water partition coefficient (Wildman–Crippen LogP) is 6.14. The Labute approximate surface area is 222 Å². The number of benzene rings is 2. The maximum absolute atomic E-state index is 12.8. The van der Waals surface area contributed by atoms with Crippen LogP contribution in [0, 0.1) is 5.53 Å². The molecule has 0 spiro atoms. The molecular weight excluding hydrogens is 518 g/mol. The Balaban J connectivity index is 0.000000586. The van der Waals surface area contributed by atoms with Gasteiger partial charge >= 0.3 is 0 Å². The van der Waals surface area contributed by atoms with Crippen LogP contribution >= 0.6 is 23.1 Å². The van der Waals surface area contributed by atoms with Crippen LogP contribution in [-0.4, -0.2) is 41.7 Å². The molecule has 1 amide bonds. The number of thiazole rings is 1. The molecule has 3 aromatic rings. The van der Waals surface area contributed by atoms with Crippen molar-refractivity contribution >= 4 is 45.6 Å². The highest BCUT2D eigenvalue weighted by atomic mass is 35.5. The van der Waals surface area contributed by atoms with E-state index in [4.69, 9.17) is 24.7 Å². The molecule has 5 rings (SSSR count). The molecule has 1 atom stereocenters. The van der Waals surface area contributed by atoms with Crippen molar-refractivity contribution in [3.63, 3.8) is 0 Å². The summed E-state index contributed by atoms with van der Waals surface area (Å²) in [5.74, 6) is -0.0270. The van der Waals surface area contributed by atoms with Crippen molar-refractivity contribution in [2.24, 2.45) is 20.1 Å². The number of fused-ring (bicyclic) bond motifs is 1. The summed E-state index contributed by atoms with van der Waals surface area (Å²) < 4.78 is 19.9. The molecule has 2 aliphatic rings. The van der Waals surface area contributed by atoms with Crippen LogP contribution in [0.3, 0.4) is 0 Å². The fourth-order valence-electron chi connectivity index (χ4n) is 3.84. The molecule has 3 heterocycles. The summed E-state index contributed by atoms with van der Waals surface area (Å²) in [4.78, 5) is 21.7. The van der Waals surface area contributed by atoms with Crippen molar-refractivity contribution < 1.29 is 19.0 Å². The van der Waals surface area contributed by atoms with Gasteiger partial charge in [0.05, 0.1) is 35.3 Å². The van der Waals surface area contributed by atoms with Gasteiger partial charge in [-0.1, -0.05) is 28.9 Å². The van der Waals surface area contributed by atoms with Crippen LogP contribution in [0.5, 0.6) is 5.75 Å². The Morgan fingerprint density at radius 3 is 2.84 bits per heavy atom. The molecule has 1 fully saturated rings. The number of hydrogen-bond acceptors (Lipinski definition) is 9. The zero-order chi connectivity index (χ0) is 26.3. The first-order chi connectivity index (χ1) is 17.9. The standard InChI is InChI=1S/C24H23N3O4S.ClHN4/c1-24(2)30-14-18(31-24)13-29-17-7-3-5-15(11-17)20-12-16-6-4-8-19(21(16)26-20)22(28)27-23-25-9-10-32-23;1-3-5-4-2/h3-11,18H,12-14H2,1-2H3,(H,25,27,28);2H. The summed E-state index contributed by atoms with van der Waals surface area (Å²) in [7, 11) is 0. The summed E-state index contributed by atoms with van der Waals surface area (Å²) in [6.45, 7) is 4.73. The zero-order valence-electron chi connectivity index (χ0n) is 20.1. The number of rotatable bonds is 7. The summed E-state index contributed by atoms with van der Waals surface area (Å²) in [5.41, 5.74) is 10.0. The van der Waals surface area contributed by atoms with Crippen molar-refractivity contribution in [1.29, 1.82) is 5.53 Å². The number of amides is 1. The molecular formula is C24H24ClN7O4S. The van der Waals surface area contributed by atoms with Gasteiger partial charge in [-0.3, -0.25) is 15.1 Å². The summed E-state index contributed by atoms with van der Waals surface area (Å²) in [6, 6.07) is 13.5. The molecule has 1 saturated heterocycles. The van der Waals surface area contributed by atoms with Crippen LogP contribution in [-0.2, 0) is 15.9 Å². The van der Waals surface area contributed by atoms with Crippen molar-refractivity contribution in [3.05, 3.63) is 70.7 Å². The van der Waals surface area contributed by atoms with Gasteiger partial charge in [0.25, 0.3) is 5.91 Å². The van der Waals surface area contributed by atoms with E-state index in [1.54, 1.807) is 12.3 Å². The second-order valence-corrected chi connectivity index (χ2v) is 9.44. The Kier molecular flexibility index (Phi) is 8.66. The van der Waals surface area contributed by atoms with Gasteiger partial charge in [0.2, 0.25) is 0 Å². The van der Waals surface area contributed by atoms with Gasteiger partial charge < -0.3 is 14.2 Å². The second kappa shape index (κ2) is 12.1. The SMILES string of the molecule is CC1(C)OCC(COc2cccc(C3=Nc4c(cccc4C(=O)Nc4nccs4)C3)c2)O1.N=NN=NCl. The van der Waals surface area contributed by atoms with Crippen molar-refractivity contribution in [1.82, 2.24) is 4.98 Å². The molecule has 192 valence electrons. The Morgan fingerprint density at radius 2 is 2.16 bits per heavy atom. The van der Waals surface area contributed by atoms with Gasteiger partial charge in [-0.05, 0) is 53.6 Å². The quantitative estimate of drug-likeness (QED) is 0.273. The molecule has 2 aliphatic heterocycles. The number of hydrogen-bond donors (Lipinski definition) is 2. The Morgan fingerprint density at radius 1 is 1.32 bits per heavy atom. The van der Waals surface area contributed by atoms with E-state index < -0.39 is 5.79 Å². The number of aromatic nitrogens is 1. The highest BCUT2D eigenvalue weighted by molar-refractivity contribution is 7.13. The molecule has 0 aliphatic carbocycles. The first-order valence-electron chi connectivity index (χ1n) is 11.2. The highest BCUT2D eigenvalue weighted by Gasteiger charge is 2.33. The number of nitrogens with zero attached hydrogens (tertiary/aromatic N) is 5. The largest absolute Gasteiger partial charge is 0.491 e. The number of carbonyl (C=O) groups excluding carboxylic acids is 1. The van der Waals surface area contributed by atoms with Crippen LogP contribution in [0.4, 0.5) is 10.8 Å². The van der Waals surface area contributed by atoms with Gasteiger partial charge in [0, 0.05) is 18.0 Å². The van der Waals surface area contributed by atoms with Crippen LogP contribution in [0.1, 0.15) is 35.3 Å². The van der Waals surface area contributed by atoms with Crippen molar-refractivity contribution in [2.75, 3.05) is 18.5 Å². The second-order valence-electron chi connectivity index (χ2n) is 8.39. The number of aliphatic imine (C=N–C) groups is 1. The number of carbonyl (C=O) groups is 1. The number of nitrogens with one attached hydrogen (secondary N) is 2. The Hall–Kier alpha value is -3.58. The van der Waals surface area contributed by atoms with Crippen molar-refractivity contribution in [2.45, 2.75) is 32.2 Å². The third-order valence-corrected chi connectivity index (χ3v) is 6.13. The molecule has 2 N–H and O–H groups in total. The summed E-state index contributed by atoms with van der Waals surface area (Å²) in [5, 5.41) is 10.3. The fourth-order valence-corrected chi connectivity index (χ4v) is 4.39. The van der Waals surface area contributed by atoms with E-state index in [-0.39, 0.29) is 12.0 Å². The van der Waals surface area contributed by atoms with E-state index in [0.717, 1.165) is 22.6 Å². The average Bonchev–Trinajstić information content (AvgIpc) is 3.63. The van der Waals surface area contributed by atoms with E-state index in [0.29, 0.717) is 36.0 Å². The molecule has 2 aromatic carbocycles. The predicted molar refractivity (Wildman–Crippen MR) is 139 cm³/mol. The number of anilines is 1. The van der Waals surface area contributed by atoms with E-state index in [2.05, 4.69) is 37.2 Å². The molecule has 0 saturated carbocycles. The first kappa shape index (κ1) is 26.5. The first-order valence-corrected chi connectivity index (χ1v) is 12.4. The lowest BCUT2D eigenvalue weighted by Gasteiger charge is -2.17. The topological polar surface area (TPSA) is 143 Å². The van der Waals surface area contributed by atoms with Gasteiger partial charge in [-0.15, -0.1) is 11.3 Å². The third-order valence-electron chi connectivity index (χ3n) is 5.37. The lowest BCUT2D eigenvalue weighted by atomic mass is 10.0. The van der Waals surface area contributed by atoms with Gasteiger partial charge in [-0.2, -0.15) is 5.53 Å². The zero-order valence-corrected chi connectivity index (χ0v) is 21.6. The molecule has 0 radical (unpaired) electrons. The van der Waals surface area contributed by atoms with E-state index in [1.807, 2.05) is 55.6 Å². The van der Waals surface area contributed by atoms with Crippen molar-refractivity contribution in [3.8, 4) is 5.75 Å². The normalized spacial score (nSPS) is 17.5. The molecule has 1 aromatic heterocycles. The van der Waals surface area contributed by atoms with E-state index >= 15 is 0 Å². The number of halogens is 1. The van der Waals surface area contributed by atoms with E-state index in [1.165, 1.54) is 11.3 Å². The van der Waals surface area contributed by atoms with Crippen LogP contribution < -0.4 is 10.1 Å². The molecule has 1 unspecified atom stereocenters. The van der Waals surface area contributed by atoms with E-state index in [9.17, 15) is 4.79 Å². The monoisotopic (exact) mass is 541 g/mol. The van der Waals surface area contributed by atoms with Crippen LogP contribution in [0.25, 0.3) is 0 Å². The number of para-hydroxylation sites is 1. The lowest BCUT2D eigenvalue weighted by molar-refractivity contribution is -0.141.